The van der Waals surface area contributed by atoms with Crippen molar-refractivity contribution in [3.05, 3.63) is 71.8 Å². The molecule has 7 heteroatoms. The number of nitrogens with one attached hydrogen (secondary N) is 1. The van der Waals surface area contributed by atoms with Crippen molar-refractivity contribution in [1.82, 2.24) is 15.3 Å². The van der Waals surface area contributed by atoms with Crippen LogP contribution in [0.3, 0.4) is 0 Å². The average molecular weight is 477 g/mol. The summed E-state index contributed by atoms with van der Waals surface area (Å²) in [5.74, 6) is 1.54. The summed E-state index contributed by atoms with van der Waals surface area (Å²) in [5, 5.41) is 3.73. The molecule has 178 valence electrons. The Morgan fingerprint density at radius 1 is 1.15 bits per heavy atom. The van der Waals surface area contributed by atoms with Crippen LogP contribution in [0.4, 0.5) is 5.82 Å². The van der Waals surface area contributed by atoms with Gasteiger partial charge in [0, 0.05) is 49.7 Å². The number of carbonyl (C=O) groups excluding carboxylic acids is 1. The number of anilines is 1. The topological polar surface area (TPSA) is 67.4 Å². The van der Waals surface area contributed by atoms with Crippen LogP contribution >= 0.6 is 11.8 Å². The molecule has 1 amide bonds. The number of thioether (sulfide) groups is 1. The second-order valence-corrected chi connectivity index (χ2v) is 9.46. The van der Waals surface area contributed by atoms with E-state index in [0.29, 0.717) is 17.9 Å². The fourth-order valence-electron chi connectivity index (χ4n) is 3.94. The highest BCUT2D eigenvalue weighted by molar-refractivity contribution is 7.98. The Bertz CT molecular complexity index is 1090. The molecule has 1 atom stereocenters. The predicted molar refractivity (Wildman–Crippen MR) is 138 cm³/mol. The van der Waals surface area contributed by atoms with E-state index in [1.807, 2.05) is 48.5 Å². The van der Waals surface area contributed by atoms with Gasteiger partial charge in [-0.1, -0.05) is 61.2 Å². The molecule has 0 saturated carbocycles. The highest BCUT2D eigenvalue weighted by atomic mass is 32.2. The summed E-state index contributed by atoms with van der Waals surface area (Å²) in [6.45, 7) is 4.44. The molecule has 34 heavy (non-hydrogen) atoms. The van der Waals surface area contributed by atoms with Crippen molar-refractivity contribution in [1.29, 1.82) is 0 Å². The first-order valence-corrected chi connectivity index (χ1v) is 12.9. The van der Waals surface area contributed by atoms with Crippen LogP contribution in [-0.2, 0) is 10.5 Å². The normalized spacial score (nSPS) is 15.3. The molecule has 1 fully saturated rings. The number of carbonyl (C=O) groups is 1. The lowest BCUT2D eigenvalue weighted by Crippen LogP contribution is -2.31. The van der Waals surface area contributed by atoms with E-state index in [1.54, 1.807) is 11.8 Å². The quantitative estimate of drug-likeness (QED) is 0.321. The third kappa shape index (κ3) is 6.58. The Morgan fingerprint density at radius 3 is 2.76 bits per heavy atom. The van der Waals surface area contributed by atoms with Crippen LogP contribution in [0.1, 0.15) is 42.1 Å². The minimum absolute atomic E-state index is 0.0619. The second-order valence-electron chi connectivity index (χ2n) is 8.52. The van der Waals surface area contributed by atoms with Gasteiger partial charge < -0.3 is 15.0 Å². The van der Waals surface area contributed by atoms with Gasteiger partial charge in [0.05, 0.1) is 11.8 Å². The fourth-order valence-corrected chi connectivity index (χ4v) is 4.74. The molecule has 0 bridgehead atoms. The molecule has 2 aromatic carbocycles. The van der Waals surface area contributed by atoms with Crippen LogP contribution in [0.5, 0.6) is 0 Å². The van der Waals surface area contributed by atoms with Gasteiger partial charge in [-0.25, -0.2) is 9.97 Å². The maximum absolute atomic E-state index is 12.6. The van der Waals surface area contributed by atoms with Gasteiger partial charge in [0.25, 0.3) is 5.91 Å². The Kier molecular flexibility index (Phi) is 8.55. The third-order valence-corrected chi connectivity index (χ3v) is 6.70. The zero-order valence-corrected chi connectivity index (χ0v) is 20.7. The molecule has 1 aromatic heterocycles. The third-order valence-electron chi connectivity index (χ3n) is 5.78. The lowest BCUT2D eigenvalue weighted by atomic mass is 10.1. The van der Waals surface area contributed by atoms with Gasteiger partial charge in [-0.15, -0.1) is 0 Å². The molecule has 1 N–H and O–H groups in total. The van der Waals surface area contributed by atoms with E-state index in [-0.39, 0.29) is 12.0 Å². The molecule has 1 saturated heterocycles. The highest BCUT2D eigenvalue weighted by Gasteiger charge is 2.17. The molecule has 0 spiro atoms. The van der Waals surface area contributed by atoms with Crippen molar-refractivity contribution in [3.8, 4) is 11.3 Å². The SMILES string of the molecule is CCCN(C)c1cc(-c2ccccc2)nc(SCc2cccc(C(=O)NCC3CCCO3)c2)n1. The average Bonchev–Trinajstić information content (AvgIpc) is 3.40. The van der Waals surface area contributed by atoms with Crippen LogP contribution < -0.4 is 10.2 Å². The van der Waals surface area contributed by atoms with Crippen molar-refractivity contribution >= 4 is 23.5 Å². The summed E-state index contributed by atoms with van der Waals surface area (Å²) in [7, 11) is 2.06. The Balaban J connectivity index is 1.46. The molecule has 1 aliphatic rings. The van der Waals surface area contributed by atoms with E-state index >= 15 is 0 Å². The predicted octanol–water partition coefficient (Wildman–Crippen LogP) is 5.19. The highest BCUT2D eigenvalue weighted by Crippen LogP contribution is 2.27. The smallest absolute Gasteiger partial charge is 0.251 e. The number of hydrogen-bond acceptors (Lipinski definition) is 6. The van der Waals surface area contributed by atoms with Crippen molar-refractivity contribution in [2.45, 2.75) is 43.2 Å². The van der Waals surface area contributed by atoms with Gasteiger partial charge in [-0.05, 0) is 37.0 Å². The zero-order chi connectivity index (χ0) is 23.8. The van der Waals surface area contributed by atoms with E-state index < -0.39 is 0 Å². The van der Waals surface area contributed by atoms with Crippen molar-refractivity contribution < 1.29 is 9.53 Å². The van der Waals surface area contributed by atoms with Crippen LogP contribution in [-0.4, -0.2) is 48.7 Å². The number of ether oxygens (including phenoxy) is 1. The number of rotatable bonds is 10. The minimum atomic E-state index is -0.0619. The minimum Gasteiger partial charge on any atom is -0.376 e. The van der Waals surface area contributed by atoms with Crippen LogP contribution in [0.25, 0.3) is 11.3 Å². The first-order chi connectivity index (χ1) is 16.6. The molecule has 1 unspecified atom stereocenters. The standard InChI is InChI=1S/C27H32N4O2S/c1-3-14-31(2)25-17-24(21-10-5-4-6-11-21)29-27(30-25)34-19-20-9-7-12-22(16-20)26(32)28-18-23-13-8-15-33-23/h4-7,9-12,16-17,23H,3,8,13-15,18-19H2,1-2H3,(H,28,32). The monoisotopic (exact) mass is 476 g/mol. The number of hydrogen-bond donors (Lipinski definition) is 1. The van der Waals surface area contributed by atoms with Gasteiger partial charge >= 0.3 is 0 Å². The Hall–Kier alpha value is -2.90. The molecular formula is C27H32N4O2S. The molecule has 3 aromatic rings. The van der Waals surface area contributed by atoms with Gasteiger partial charge in [0.15, 0.2) is 5.16 Å². The molecule has 0 radical (unpaired) electrons. The molecule has 0 aliphatic carbocycles. The number of nitrogens with zero attached hydrogens (tertiary/aromatic N) is 3. The van der Waals surface area contributed by atoms with Crippen molar-refractivity contribution in [3.63, 3.8) is 0 Å². The maximum atomic E-state index is 12.6. The summed E-state index contributed by atoms with van der Waals surface area (Å²) >= 11 is 1.59. The maximum Gasteiger partial charge on any atom is 0.251 e. The second kappa shape index (κ2) is 12.0. The number of benzene rings is 2. The molecule has 6 nitrogen and oxygen atoms in total. The summed E-state index contributed by atoms with van der Waals surface area (Å²) in [6.07, 6.45) is 3.26. The first kappa shape index (κ1) is 24.2. The number of amides is 1. The summed E-state index contributed by atoms with van der Waals surface area (Å²) in [4.78, 5) is 24.4. The summed E-state index contributed by atoms with van der Waals surface area (Å²) in [6, 6.07) is 20.0. The largest absolute Gasteiger partial charge is 0.376 e. The first-order valence-electron chi connectivity index (χ1n) is 11.9. The molecule has 4 rings (SSSR count). The zero-order valence-electron chi connectivity index (χ0n) is 19.9. The van der Waals surface area contributed by atoms with Crippen LogP contribution in [0, 0.1) is 0 Å². The van der Waals surface area contributed by atoms with Crippen molar-refractivity contribution in [2.24, 2.45) is 0 Å². The Morgan fingerprint density at radius 2 is 2.00 bits per heavy atom. The Labute approximate surface area is 206 Å². The van der Waals surface area contributed by atoms with E-state index in [2.05, 4.69) is 36.3 Å². The molecular weight excluding hydrogens is 444 g/mol. The lowest BCUT2D eigenvalue weighted by molar-refractivity contribution is 0.0857. The molecule has 2 heterocycles. The van der Waals surface area contributed by atoms with E-state index in [1.165, 1.54) is 0 Å². The van der Waals surface area contributed by atoms with E-state index in [9.17, 15) is 4.79 Å². The van der Waals surface area contributed by atoms with Gasteiger partial charge in [-0.3, -0.25) is 4.79 Å². The summed E-state index contributed by atoms with van der Waals surface area (Å²) < 4.78 is 5.60. The van der Waals surface area contributed by atoms with Gasteiger partial charge in [0.1, 0.15) is 5.82 Å². The van der Waals surface area contributed by atoms with E-state index in [0.717, 1.165) is 60.2 Å². The van der Waals surface area contributed by atoms with E-state index in [4.69, 9.17) is 14.7 Å². The van der Waals surface area contributed by atoms with Crippen LogP contribution in [0.2, 0.25) is 0 Å². The molecule has 1 aliphatic heterocycles. The fraction of sp³-hybridized carbons (Fsp3) is 0.370. The van der Waals surface area contributed by atoms with Crippen LogP contribution in [0.15, 0.2) is 65.8 Å². The van der Waals surface area contributed by atoms with Crippen molar-refractivity contribution in [2.75, 3.05) is 31.6 Å². The lowest BCUT2D eigenvalue weighted by Gasteiger charge is -2.18. The number of aromatic nitrogens is 2. The van der Waals surface area contributed by atoms with Gasteiger partial charge in [0.2, 0.25) is 0 Å². The summed E-state index contributed by atoms with van der Waals surface area (Å²) in [5.41, 5.74) is 3.71. The van der Waals surface area contributed by atoms with Gasteiger partial charge in [-0.2, -0.15) is 0 Å².